The molecule has 0 bridgehead atoms. The summed E-state index contributed by atoms with van der Waals surface area (Å²) < 4.78 is 5.48. The minimum atomic E-state index is -0.678. The number of aliphatic hydroxyl groups is 2. The lowest BCUT2D eigenvalue weighted by Crippen LogP contribution is -2.45. The Morgan fingerprint density at radius 3 is 0.938 bits per heavy atom. The van der Waals surface area contributed by atoms with Crippen LogP contribution in [0.1, 0.15) is 341 Å². The Labute approximate surface area is 406 Å². The molecule has 0 radical (unpaired) electrons. The first-order valence-electron chi connectivity index (χ1n) is 29.8. The minimum Gasteiger partial charge on any atom is -0.466 e. The van der Waals surface area contributed by atoms with Gasteiger partial charge in [0.05, 0.1) is 25.4 Å². The molecule has 6 heteroatoms. The summed E-state index contributed by atoms with van der Waals surface area (Å²) in [7, 11) is 0. The summed E-state index contributed by atoms with van der Waals surface area (Å²) in [6.45, 7) is 4.94. The van der Waals surface area contributed by atoms with E-state index in [4.69, 9.17) is 4.74 Å². The molecule has 2 unspecified atom stereocenters. The zero-order chi connectivity index (χ0) is 47.2. The smallest absolute Gasteiger partial charge is 0.305 e. The number of ether oxygens (including phenoxy) is 1. The fourth-order valence-electron chi connectivity index (χ4n) is 9.58. The number of carbonyl (C=O) groups excluding carboxylic acids is 2. The number of hydrogen-bond acceptors (Lipinski definition) is 5. The Kier molecular flexibility index (Phi) is 54.5. The van der Waals surface area contributed by atoms with Crippen molar-refractivity contribution in [1.29, 1.82) is 0 Å². The van der Waals surface area contributed by atoms with Crippen LogP contribution in [0.25, 0.3) is 0 Å². The molecule has 0 aliphatic rings. The lowest BCUT2D eigenvalue weighted by atomic mass is 10.0. The van der Waals surface area contributed by atoms with Crippen LogP contribution in [0.5, 0.6) is 0 Å². The molecule has 2 atom stereocenters. The topological polar surface area (TPSA) is 95.9 Å². The average Bonchev–Trinajstić information content (AvgIpc) is 3.31. The number of esters is 1. The van der Waals surface area contributed by atoms with Gasteiger partial charge in [-0.1, -0.05) is 303 Å². The third-order valence-electron chi connectivity index (χ3n) is 14.2. The first-order valence-corrected chi connectivity index (χ1v) is 29.8. The van der Waals surface area contributed by atoms with Crippen LogP contribution in [0.4, 0.5) is 0 Å². The van der Waals surface area contributed by atoms with Gasteiger partial charge in [-0.25, -0.2) is 0 Å². The number of carbonyl (C=O) groups is 2. The maximum absolute atomic E-state index is 12.5. The second-order valence-corrected chi connectivity index (χ2v) is 20.7. The van der Waals surface area contributed by atoms with Gasteiger partial charge in [-0.05, 0) is 25.7 Å². The molecular formula is C59H117NO5. The molecule has 0 aromatic carbocycles. The van der Waals surface area contributed by atoms with Gasteiger partial charge < -0.3 is 20.3 Å². The Morgan fingerprint density at radius 1 is 0.369 bits per heavy atom. The molecule has 65 heavy (non-hydrogen) atoms. The van der Waals surface area contributed by atoms with Crippen molar-refractivity contribution in [2.45, 2.75) is 353 Å². The quantitative estimate of drug-likeness (QED) is 0.0417. The van der Waals surface area contributed by atoms with Gasteiger partial charge in [0.1, 0.15) is 0 Å². The first-order chi connectivity index (χ1) is 32.0. The van der Waals surface area contributed by atoms with E-state index in [2.05, 4.69) is 19.2 Å². The zero-order valence-corrected chi connectivity index (χ0v) is 44.3. The van der Waals surface area contributed by atoms with Gasteiger partial charge in [-0.15, -0.1) is 0 Å². The summed E-state index contributed by atoms with van der Waals surface area (Å²) in [6, 6.07) is -0.557. The third kappa shape index (κ3) is 52.1. The zero-order valence-electron chi connectivity index (χ0n) is 44.3. The van der Waals surface area contributed by atoms with Crippen LogP contribution in [0.15, 0.2) is 0 Å². The number of nitrogens with one attached hydrogen (secondary N) is 1. The summed E-state index contributed by atoms with van der Waals surface area (Å²) in [4.78, 5) is 24.6. The van der Waals surface area contributed by atoms with Crippen molar-refractivity contribution in [2.75, 3.05) is 13.2 Å². The van der Waals surface area contributed by atoms with Crippen LogP contribution < -0.4 is 5.32 Å². The summed E-state index contributed by atoms with van der Waals surface area (Å²) in [6.07, 6.45) is 63.8. The number of rotatable bonds is 56. The van der Waals surface area contributed by atoms with E-state index in [1.54, 1.807) is 0 Å². The molecule has 388 valence electrons. The second-order valence-electron chi connectivity index (χ2n) is 20.7. The van der Waals surface area contributed by atoms with Crippen LogP contribution in [-0.4, -0.2) is 47.4 Å². The van der Waals surface area contributed by atoms with Crippen molar-refractivity contribution in [1.82, 2.24) is 5.32 Å². The van der Waals surface area contributed by atoms with Crippen molar-refractivity contribution in [3.05, 3.63) is 0 Å². The Morgan fingerprint density at radius 2 is 0.631 bits per heavy atom. The molecule has 0 rings (SSSR count). The molecule has 6 nitrogen and oxygen atoms in total. The SMILES string of the molecule is CCCCCCCCCCCCCCCCCCCCCC(=O)OCCCCCCCCCCCCC(=O)NC(CO)C(O)CCCCCCCCCCCCCCCCCCCCC. The van der Waals surface area contributed by atoms with Crippen molar-refractivity contribution in [2.24, 2.45) is 0 Å². The van der Waals surface area contributed by atoms with Crippen molar-refractivity contribution in [3.63, 3.8) is 0 Å². The molecule has 0 saturated carbocycles. The van der Waals surface area contributed by atoms with Gasteiger partial charge >= 0.3 is 5.97 Å². The van der Waals surface area contributed by atoms with Crippen molar-refractivity contribution >= 4 is 11.9 Å². The number of amides is 1. The van der Waals surface area contributed by atoms with Crippen molar-refractivity contribution in [3.8, 4) is 0 Å². The fraction of sp³-hybridized carbons (Fsp3) is 0.966. The highest BCUT2D eigenvalue weighted by Gasteiger charge is 2.20. The van der Waals surface area contributed by atoms with E-state index in [1.165, 1.54) is 250 Å². The molecular weight excluding hydrogens is 803 g/mol. The molecule has 0 aromatic heterocycles. The molecule has 0 spiro atoms. The maximum atomic E-state index is 12.5. The van der Waals surface area contributed by atoms with E-state index in [0.717, 1.165) is 57.8 Å². The minimum absolute atomic E-state index is 0.0126. The largest absolute Gasteiger partial charge is 0.466 e. The Balaban J connectivity index is 3.43. The van der Waals surface area contributed by atoms with Gasteiger partial charge in [0.2, 0.25) is 5.91 Å². The monoisotopic (exact) mass is 920 g/mol. The van der Waals surface area contributed by atoms with Crippen molar-refractivity contribution < 1.29 is 24.5 Å². The third-order valence-corrected chi connectivity index (χ3v) is 14.2. The lowest BCUT2D eigenvalue weighted by Gasteiger charge is -2.22. The first kappa shape index (κ1) is 63.9. The molecule has 3 N–H and O–H groups in total. The maximum Gasteiger partial charge on any atom is 0.305 e. The molecule has 0 aliphatic carbocycles. The van der Waals surface area contributed by atoms with Crippen LogP contribution in [-0.2, 0) is 14.3 Å². The summed E-state index contributed by atoms with van der Waals surface area (Å²) in [5.41, 5.74) is 0. The van der Waals surface area contributed by atoms with E-state index < -0.39 is 12.1 Å². The molecule has 0 aromatic rings. The lowest BCUT2D eigenvalue weighted by molar-refractivity contribution is -0.143. The average molecular weight is 921 g/mol. The van der Waals surface area contributed by atoms with Crippen LogP contribution in [0.3, 0.4) is 0 Å². The molecule has 0 heterocycles. The van der Waals surface area contributed by atoms with Gasteiger partial charge in [0.15, 0.2) is 0 Å². The highest BCUT2D eigenvalue weighted by Crippen LogP contribution is 2.18. The highest BCUT2D eigenvalue weighted by molar-refractivity contribution is 5.76. The summed E-state index contributed by atoms with van der Waals surface area (Å²) >= 11 is 0. The van der Waals surface area contributed by atoms with E-state index in [9.17, 15) is 19.8 Å². The van der Waals surface area contributed by atoms with E-state index in [-0.39, 0.29) is 18.5 Å². The van der Waals surface area contributed by atoms with Crippen LogP contribution in [0, 0.1) is 0 Å². The number of unbranched alkanes of at least 4 members (excludes halogenated alkanes) is 45. The Bertz CT molecular complexity index is 928. The normalized spacial score (nSPS) is 12.5. The summed E-state index contributed by atoms with van der Waals surface area (Å²) in [5, 5.41) is 23.3. The van der Waals surface area contributed by atoms with Gasteiger partial charge in [0.25, 0.3) is 0 Å². The van der Waals surface area contributed by atoms with Gasteiger partial charge in [-0.2, -0.15) is 0 Å². The fourth-order valence-corrected chi connectivity index (χ4v) is 9.58. The van der Waals surface area contributed by atoms with E-state index in [1.807, 2.05) is 0 Å². The Hall–Kier alpha value is -1.14. The second kappa shape index (κ2) is 55.5. The van der Waals surface area contributed by atoms with Crippen LogP contribution in [0.2, 0.25) is 0 Å². The molecule has 0 fully saturated rings. The molecule has 0 aliphatic heterocycles. The number of hydrogen-bond donors (Lipinski definition) is 3. The standard InChI is InChI=1S/C59H117NO5/c1-3-5-7-9-11-13-15-17-19-21-23-25-27-29-31-35-39-43-47-51-57(62)56(55-61)60-58(63)52-48-44-40-36-33-34-38-42-46-50-54-65-59(64)53-49-45-41-37-32-30-28-26-24-22-20-18-16-14-12-10-8-6-4-2/h56-57,61-62H,3-55H2,1-2H3,(H,60,63). The molecule has 0 saturated heterocycles. The predicted molar refractivity (Wildman–Crippen MR) is 283 cm³/mol. The highest BCUT2D eigenvalue weighted by atomic mass is 16.5. The van der Waals surface area contributed by atoms with Crippen LogP contribution >= 0.6 is 0 Å². The van der Waals surface area contributed by atoms with Gasteiger partial charge in [-0.3, -0.25) is 9.59 Å². The van der Waals surface area contributed by atoms with E-state index >= 15 is 0 Å². The van der Waals surface area contributed by atoms with E-state index in [0.29, 0.717) is 25.9 Å². The summed E-state index contributed by atoms with van der Waals surface area (Å²) in [5.74, 6) is -0.0656. The predicted octanol–water partition coefficient (Wildman–Crippen LogP) is 18.3. The molecule has 1 amide bonds. The number of aliphatic hydroxyl groups excluding tert-OH is 2. The van der Waals surface area contributed by atoms with Gasteiger partial charge in [0, 0.05) is 12.8 Å².